The first-order valence-corrected chi connectivity index (χ1v) is 4.29. The lowest BCUT2D eigenvalue weighted by molar-refractivity contribution is 0.941. The number of aryl methyl sites for hydroxylation is 1. The SMILES string of the molecule is Cc1ccc(-c2nc(=O)[nH]c(=O)[nH]2)cn1. The van der Waals surface area contributed by atoms with Crippen LogP contribution < -0.4 is 11.4 Å². The van der Waals surface area contributed by atoms with Crippen LogP contribution >= 0.6 is 0 Å². The van der Waals surface area contributed by atoms with Crippen molar-refractivity contribution in [3.63, 3.8) is 0 Å². The standard InChI is InChI=1S/C9H8N4O2/c1-5-2-3-6(4-10-5)7-11-8(14)13-9(15)12-7/h2-4H,1H3,(H2,11,12,13,14,15). The molecule has 0 atom stereocenters. The fourth-order valence-electron chi connectivity index (χ4n) is 1.14. The van der Waals surface area contributed by atoms with Crippen molar-refractivity contribution in [1.29, 1.82) is 0 Å². The van der Waals surface area contributed by atoms with Gasteiger partial charge in [0.25, 0.3) is 0 Å². The zero-order valence-corrected chi connectivity index (χ0v) is 7.94. The summed E-state index contributed by atoms with van der Waals surface area (Å²) in [4.78, 5) is 34.0. The van der Waals surface area contributed by atoms with Gasteiger partial charge in [0, 0.05) is 17.5 Å². The second-order valence-electron chi connectivity index (χ2n) is 3.03. The number of aromatic nitrogens is 4. The normalized spacial score (nSPS) is 10.2. The third-order valence-corrected chi connectivity index (χ3v) is 1.85. The lowest BCUT2D eigenvalue weighted by Crippen LogP contribution is -2.25. The van der Waals surface area contributed by atoms with E-state index in [1.807, 2.05) is 11.9 Å². The summed E-state index contributed by atoms with van der Waals surface area (Å²) in [6.45, 7) is 1.84. The summed E-state index contributed by atoms with van der Waals surface area (Å²) in [6, 6.07) is 3.51. The zero-order chi connectivity index (χ0) is 10.8. The molecule has 0 aliphatic heterocycles. The van der Waals surface area contributed by atoms with Crippen LogP contribution in [0.1, 0.15) is 5.69 Å². The Morgan fingerprint density at radius 2 is 2.00 bits per heavy atom. The molecule has 0 spiro atoms. The largest absolute Gasteiger partial charge is 0.351 e. The van der Waals surface area contributed by atoms with E-state index >= 15 is 0 Å². The van der Waals surface area contributed by atoms with Gasteiger partial charge in [0.2, 0.25) is 0 Å². The van der Waals surface area contributed by atoms with Gasteiger partial charge in [-0.25, -0.2) is 9.59 Å². The highest BCUT2D eigenvalue weighted by molar-refractivity contribution is 5.52. The molecule has 0 aliphatic carbocycles. The minimum absolute atomic E-state index is 0.219. The van der Waals surface area contributed by atoms with Crippen molar-refractivity contribution in [1.82, 2.24) is 19.9 Å². The van der Waals surface area contributed by atoms with E-state index in [-0.39, 0.29) is 5.82 Å². The van der Waals surface area contributed by atoms with Crippen LogP contribution in [0.4, 0.5) is 0 Å². The Balaban J connectivity index is 2.59. The van der Waals surface area contributed by atoms with Crippen molar-refractivity contribution in [2.24, 2.45) is 0 Å². The molecular weight excluding hydrogens is 196 g/mol. The Morgan fingerprint density at radius 1 is 1.20 bits per heavy atom. The number of nitrogens with one attached hydrogen (secondary N) is 2. The second-order valence-corrected chi connectivity index (χ2v) is 3.03. The molecule has 2 N–H and O–H groups in total. The van der Waals surface area contributed by atoms with Crippen LogP contribution in [0.2, 0.25) is 0 Å². The monoisotopic (exact) mass is 204 g/mol. The maximum atomic E-state index is 11.0. The number of rotatable bonds is 1. The van der Waals surface area contributed by atoms with Crippen molar-refractivity contribution < 1.29 is 0 Å². The first-order valence-electron chi connectivity index (χ1n) is 4.29. The molecule has 15 heavy (non-hydrogen) atoms. The van der Waals surface area contributed by atoms with E-state index in [1.165, 1.54) is 0 Å². The van der Waals surface area contributed by atoms with E-state index in [0.717, 1.165) is 5.69 Å². The lowest BCUT2D eigenvalue weighted by atomic mass is 10.2. The van der Waals surface area contributed by atoms with Gasteiger partial charge in [-0.15, -0.1) is 0 Å². The molecule has 2 aromatic rings. The number of H-pyrrole nitrogens is 2. The molecular formula is C9H8N4O2. The quantitative estimate of drug-likeness (QED) is 0.674. The first-order chi connectivity index (χ1) is 7.15. The van der Waals surface area contributed by atoms with Crippen LogP contribution in [0.15, 0.2) is 27.9 Å². The van der Waals surface area contributed by atoms with Gasteiger partial charge in [-0.05, 0) is 19.1 Å². The van der Waals surface area contributed by atoms with E-state index in [4.69, 9.17) is 0 Å². The van der Waals surface area contributed by atoms with Crippen LogP contribution in [-0.2, 0) is 0 Å². The summed E-state index contributed by atoms with van der Waals surface area (Å²) in [5.41, 5.74) is 0.203. The molecule has 0 aliphatic rings. The van der Waals surface area contributed by atoms with Crippen LogP contribution in [0, 0.1) is 6.92 Å². The molecule has 0 saturated carbocycles. The molecule has 0 amide bonds. The van der Waals surface area contributed by atoms with Crippen LogP contribution in [0.25, 0.3) is 11.4 Å². The Hall–Kier alpha value is -2.24. The van der Waals surface area contributed by atoms with Gasteiger partial charge >= 0.3 is 11.4 Å². The molecule has 0 unspecified atom stereocenters. The average Bonchev–Trinajstić information content (AvgIpc) is 2.17. The van der Waals surface area contributed by atoms with Gasteiger partial charge in [0.1, 0.15) is 5.82 Å². The Bertz CT molecular complexity index is 554. The molecule has 0 saturated heterocycles. The molecule has 6 heteroatoms. The van der Waals surface area contributed by atoms with Crippen molar-refractivity contribution in [3.8, 4) is 11.4 Å². The minimum Gasteiger partial charge on any atom is -0.291 e. The highest BCUT2D eigenvalue weighted by atomic mass is 16.2. The highest BCUT2D eigenvalue weighted by Gasteiger charge is 2.01. The Labute approximate surface area is 84.1 Å². The summed E-state index contributed by atoms with van der Waals surface area (Å²) in [5, 5.41) is 0. The molecule has 2 rings (SSSR count). The predicted molar refractivity (Wildman–Crippen MR) is 53.4 cm³/mol. The summed E-state index contributed by atoms with van der Waals surface area (Å²) in [5.74, 6) is 0.219. The van der Waals surface area contributed by atoms with Crippen LogP contribution in [0.3, 0.4) is 0 Å². The summed E-state index contributed by atoms with van der Waals surface area (Å²) < 4.78 is 0. The molecule has 2 aromatic heterocycles. The Morgan fingerprint density at radius 3 is 2.60 bits per heavy atom. The van der Waals surface area contributed by atoms with E-state index < -0.39 is 11.4 Å². The van der Waals surface area contributed by atoms with E-state index in [1.54, 1.807) is 18.3 Å². The van der Waals surface area contributed by atoms with Crippen molar-refractivity contribution >= 4 is 0 Å². The molecule has 0 bridgehead atoms. The van der Waals surface area contributed by atoms with E-state index in [2.05, 4.69) is 15.0 Å². The maximum absolute atomic E-state index is 11.0. The van der Waals surface area contributed by atoms with Gasteiger partial charge < -0.3 is 0 Å². The number of nitrogens with zero attached hydrogens (tertiary/aromatic N) is 2. The van der Waals surface area contributed by atoms with Gasteiger partial charge in [-0.1, -0.05) is 0 Å². The Kier molecular flexibility index (Phi) is 2.17. The molecule has 0 aromatic carbocycles. The van der Waals surface area contributed by atoms with Crippen molar-refractivity contribution in [2.75, 3.05) is 0 Å². The van der Waals surface area contributed by atoms with Crippen LogP contribution in [0.5, 0.6) is 0 Å². The van der Waals surface area contributed by atoms with E-state index in [9.17, 15) is 9.59 Å². The molecule has 76 valence electrons. The smallest absolute Gasteiger partial charge is 0.291 e. The van der Waals surface area contributed by atoms with Gasteiger partial charge in [0.15, 0.2) is 0 Å². The molecule has 2 heterocycles. The minimum atomic E-state index is -0.672. The van der Waals surface area contributed by atoms with Gasteiger partial charge in [-0.2, -0.15) is 4.98 Å². The fraction of sp³-hybridized carbons (Fsp3) is 0.111. The second kappa shape index (κ2) is 3.49. The number of aromatic amines is 2. The maximum Gasteiger partial charge on any atom is 0.351 e. The van der Waals surface area contributed by atoms with Gasteiger partial charge in [-0.3, -0.25) is 15.0 Å². The molecule has 6 nitrogen and oxygen atoms in total. The van der Waals surface area contributed by atoms with E-state index in [0.29, 0.717) is 5.56 Å². The summed E-state index contributed by atoms with van der Waals surface area (Å²) >= 11 is 0. The van der Waals surface area contributed by atoms with Crippen molar-refractivity contribution in [3.05, 3.63) is 45.0 Å². The number of pyridine rings is 1. The average molecular weight is 204 g/mol. The predicted octanol–water partition coefficient (Wildman–Crippen LogP) is -0.171. The topological polar surface area (TPSA) is 91.5 Å². The summed E-state index contributed by atoms with van der Waals surface area (Å²) in [7, 11) is 0. The van der Waals surface area contributed by atoms with Crippen molar-refractivity contribution in [2.45, 2.75) is 6.92 Å². The fourth-order valence-corrected chi connectivity index (χ4v) is 1.14. The third-order valence-electron chi connectivity index (χ3n) is 1.85. The third kappa shape index (κ3) is 1.98. The number of hydrogen-bond donors (Lipinski definition) is 2. The summed E-state index contributed by atoms with van der Waals surface area (Å²) in [6.07, 6.45) is 1.55. The zero-order valence-electron chi connectivity index (χ0n) is 7.94. The first kappa shape index (κ1) is 9.32. The van der Waals surface area contributed by atoms with Gasteiger partial charge in [0.05, 0.1) is 0 Å². The molecule has 0 fully saturated rings. The number of hydrogen-bond acceptors (Lipinski definition) is 4. The molecule has 0 radical (unpaired) electrons. The van der Waals surface area contributed by atoms with Crippen LogP contribution in [-0.4, -0.2) is 19.9 Å². The lowest BCUT2D eigenvalue weighted by Gasteiger charge is -1.98. The highest BCUT2D eigenvalue weighted by Crippen LogP contribution is 2.09.